The van der Waals surface area contributed by atoms with Crippen LogP contribution in [0, 0.1) is 5.92 Å². The van der Waals surface area contributed by atoms with Crippen LogP contribution in [0.1, 0.15) is 39.5 Å². The van der Waals surface area contributed by atoms with Crippen LogP contribution < -0.4 is 0 Å². The highest BCUT2D eigenvalue weighted by Crippen LogP contribution is 2.12. The van der Waals surface area contributed by atoms with Gasteiger partial charge in [0.05, 0.1) is 0 Å². The summed E-state index contributed by atoms with van der Waals surface area (Å²) in [6, 6.07) is 0. The molecule has 0 N–H and O–H groups in total. The Morgan fingerprint density at radius 1 is 1.55 bits per heavy atom. The van der Waals surface area contributed by atoms with Gasteiger partial charge in [0.1, 0.15) is 5.78 Å². The van der Waals surface area contributed by atoms with Gasteiger partial charge in [-0.3, -0.25) is 4.79 Å². The second-order valence-corrected chi connectivity index (χ2v) is 2.85. The molecule has 1 heteroatoms. The monoisotopic (exact) mass is 154 g/mol. The zero-order chi connectivity index (χ0) is 8.69. The fraction of sp³-hybridized carbons (Fsp3) is 0.700. The summed E-state index contributed by atoms with van der Waals surface area (Å²) in [5.74, 6) is 0.627. The minimum atomic E-state index is 0.229. The fourth-order valence-corrected chi connectivity index (χ4v) is 1.18. The van der Waals surface area contributed by atoms with E-state index in [1.807, 2.05) is 13.0 Å². The highest BCUT2D eigenvalue weighted by Gasteiger charge is 2.12. The summed E-state index contributed by atoms with van der Waals surface area (Å²) in [6.45, 7) is 7.74. The molecule has 0 bridgehead atoms. The van der Waals surface area contributed by atoms with Gasteiger partial charge in [0.25, 0.3) is 0 Å². The smallest absolute Gasteiger partial charge is 0.136 e. The lowest BCUT2D eigenvalue weighted by molar-refractivity contribution is -0.122. The van der Waals surface area contributed by atoms with E-state index in [-0.39, 0.29) is 5.92 Å². The lowest BCUT2D eigenvalue weighted by Gasteiger charge is -2.09. The molecule has 11 heavy (non-hydrogen) atoms. The Labute approximate surface area is 69.5 Å². The van der Waals surface area contributed by atoms with Crippen molar-refractivity contribution in [3.8, 4) is 0 Å². The quantitative estimate of drug-likeness (QED) is 0.537. The molecule has 1 nitrogen and oxygen atoms in total. The maximum Gasteiger partial charge on any atom is 0.136 e. The maximum absolute atomic E-state index is 11.3. The molecule has 0 aromatic rings. The molecule has 0 aromatic carbocycles. The minimum Gasteiger partial charge on any atom is -0.299 e. The van der Waals surface area contributed by atoms with Crippen LogP contribution in [0.5, 0.6) is 0 Å². The Morgan fingerprint density at radius 3 is 2.55 bits per heavy atom. The van der Waals surface area contributed by atoms with Gasteiger partial charge in [0, 0.05) is 12.3 Å². The van der Waals surface area contributed by atoms with Crippen LogP contribution in [0.2, 0.25) is 0 Å². The molecule has 0 aliphatic carbocycles. The van der Waals surface area contributed by atoms with E-state index in [1.165, 1.54) is 0 Å². The summed E-state index contributed by atoms with van der Waals surface area (Å²) >= 11 is 0. The number of hydrogen-bond donors (Lipinski definition) is 0. The van der Waals surface area contributed by atoms with Crippen molar-refractivity contribution in [3.63, 3.8) is 0 Å². The first-order valence-corrected chi connectivity index (χ1v) is 4.39. The summed E-state index contributed by atoms with van der Waals surface area (Å²) in [5.41, 5.74) is 0. The molecule has 0 radical (unpaired) electrons. The average molecular weight is 154 g/mol. The molecule has 0 amide bonds. The van der Waals surface area contributed by atoms with Gasteiger partial charge in [-0.2, -0.15) is 0 Å². The van der Waals surface area contributed by atoms with Crippen LogP contribution in [0.4, 0.5) is 0 Å². The Balaban J connectivity index is 3.80. The van der Waals surface area contributed by atoms with Gasteiger partial charge in [0.2, 0.25) is 0 Å². The zero-order valence-corrected chi connectivity index (χ0v) is 7.60. The van der Waals surface area contributed by atoms with Gasteiger partial charge in [0.15, 0.2) is 0 Å². The molecule has 0 saturated heterocycles. The normalized spacial score (nSPS) is 12.5. The van der Waals surface area contributed by atoms with Crippen LogP contribution in [-0.2, 0) is 4.79 Å². The first-order valence-electron chi connectivity index (χ1n) is 4.39. The zero-order valence-electron chi connectivity index (χ0n) is 7.60. The highest BCUT2D eigenvalue weighted by atomic mass is 16.1. The van der Waals surface area contributed by atoms with E-state index in [0.29, 0.717) is 5.78 Å². The molecular formula is C10H18O. The van der Waals surface area contributed by atoms with Crippen molar-refractivity contribution in [2.24, 2.45) is 5.92 Å². The van der Waals surface area contributed by atoms with Crippen molar-refractivity contribution >= 4 is 5.78 Å². The number of ketones is 1. The largest absolute Gasteiger partial charge is 0.299 e. The van der Waals surface area contributed by atoms with Crippen molar-refractivity contribution in [2.45, 2.75) is 39.5 Å². The number of carbonyl (C=O) groups is 1. The van der Waals surface area contributed by atoms with Gasteiger partial charge in [-0.25, -0.2) is 0 Å². The molecule has 0 aliphatic heterocycles. The summed E-state index contributed by atoms with van der Waals surface area (Å²) in [7, 11) is 0. The van der Waals surface area contributed by atoms with E-state index >= 15 is 0 Å². The first-order chi connectivity index (χ1) is 5.26. The van der Waals surface area contributed by atoms with E-state index in [0.717, 1.165) is 25.7 Å². The number of allylic oxidation sites excluding steroid dienone is 1. The number of rotatable bonds is 6. The molecule has 0 rings (SSSR count). The van der Waals surface area contributed by atoms with E-state index in [4.69, 9.17) is 0 Å². The van der Waals surface area contributed by atoms with E-state index in [9.17, 15) is 4.79 Å². The van der Waals surface area contributed by atoms with Crippen molar-refractivity contribution in [3.05, 3.63) is 12.7 Å². The molecule has 1 unspecified atom stereocenters. The second kappa shape index (κ2) is 6.14. The molecular weight excluding hydrogens is 136 g/mol. The Hall–Kier alpha value is -0.590. The van der Waals surface area contributed by atoms with Crippen molar-refractivity contribution in [1.82, 2.24) is 0 Å². The Kier molecular flexibility index (Phi) is 5.81. The topological polar surface area (TPSA) is 17.1 Å². The highest BCUT2D eigenvalue weighted by molar-refractivity contribution is 5.80. The first kappa shape index (κ1) is 10.4. The Morgan fingerprint density at radius 2 is 2.18 bits per heavy atom. The summed E-state index contributed by atoms with van der Waals surface area (Å²) < 4.78 is 0. The molecule has 0 fully saturated rings. The van der Waals surface area contributed by atoms with E-state index in [1.54, 1.807) is 0 Å². The van der Waals surface area contributed by atoms with E-state index in [2.05, 4.69) is 13.5 Å². The number of carbonyl (C=O) groups excluding carboxylic acids is 1. The lowest BCUT2D eigenvalue weighted by Crippen LogP contribution is -2.11. The van der Waals surface area contributed by atoms with Gasteiger partial charge in [-0.05, 0) is 19.3 Å². The van der Waals surface area contributed by atoms with Crippen molar-refractivity contribution in [1.29, 1.82) is 0 Å². The van der Waals surface area contributed by atoms with Crippen molar-refractivity contribution < 1.29 is 4.79 Å². The number of hydrogen-bond acceptors (Lipinski definition) is 1. The molecule has 0 saturated carbocycles. The Bertz CT molecular complexity index is 127. The maximum atomic E-state index is 11.3. The van der Waals surface area contributed by atoms with Gasteiger partial charge < -0.3 is 0 Å². The third-order valence-corrected chi connectivity index (χ3v) is 1.90. The average Bonchev–Trinajstić information content (AvgIpc) is 2.00. The van der Waals surface area contributed by atoms with Gasteiger partial charge in [-0.15, -0.1) is 6.58 Å². The summed E-state index contributed by atoms with van der Waals surface area (Å²) in [4.78, 5) is 11.3. The third kappa shape index (κ3) is 3.97. The predicted molar refractivity (Wildman–Crippen MR) is 48.5 cm³/mol. The third-order valence-electron chi connectivity index (χ3n) is 1.90. The second-order valence-electron chi connectivity index (χ2n) is 2.85. The van der Waals surface area contributed by atoms with Crippen LogP contribution in [0.15, 0.2) is 12.7 Å². The summed E-state index contributed by atoms with van der Waals surface area (Å²) in [5, 5.41) is 0. The van der Waals surface area contributed by atoms with Crippen LogP contribution in [0.25, 0.3) is 0 Å². The SMILES string of the molecule is C=CCC(CC)C(=O)CCC. The fourth-order valence-electron chi connectivity index (χ4n) is 1.18. The molecule has 0 aromatic heterocycles. The molecule has 0 spiro atoms. The van der Waals surface area contributed by atoms with Crippen LogP contribution in [0.3, 0.4) is 0 Å². The molecule has 64 valence electrons. The van der Waals surface area contributed by atoms with Gasteiger partial charge in [-0.1, -0.05) is 19.9 Å². The molecule has 0 heterocycles. The van der Waals surface area contributed by atoms with Crippen LogP contribution >= 0.6 is 0 Å². The minimum absolute atomic E-state index is 0.229. The van der Waals surface area contributed by atoms with Gasteiger partial charge >= 0.3 is 0 Å². The molecule has 1 atom stereocenters. The van der Waals surface area contributed by atoms with Crippen molar-refractivity contribution in [2.75, 3.05) is 0 Å². The van der Waals surface area contributed by atoms with E-state index < -0.39 is 0 Å². The summed E-state index contributed by atoms with van der Waals surface area (Å²) in [6.07, 6.45) is 5.32. The standard InChI is InChI=1S/C10H18O/c1-4-7-9(6-3)10(11)8-5-2/h4,9H,1,5-8H2,2-3H3. The predicted octanol–water partition coefficient (Wildman–Crippen LogP) is 2.96. The lowest BCUT2D eigenvalue weighted by atomic mass is 9.95. The molecule has 0 aliphatic rings. The van der Waals surface area contributed by atoms with Crippen LogP contribution in [-0.4, -0.2) is 5.78 Å². The number of Topliss-reactive ketones (excluding diaryl/α,β-unsaturated/α-hetero) is 1.